The van der Waals surface area contributed by atoms with Crippen LogP contribution in [0, 0.1) is 5.82 Å². The normalized spacial score (nSPS) is 20.8. The summed E-state index contributed by atoms with van der Waals surface area (Å²) in [5, 5.41) is 11.2. The number of nitrogens with zero attached hydrogens (tertiary/aromatic N) is 2. The van der Waals surface area contributed by atoms with Crippen molar-refractivity contribution in [3.05, 3.63) is 59.7 Å². The van der Waals surface area contributed by atoms with Crippen molar-refractivity contribution in [2.75, 3.05) is 12.9 Å². The van der Waals surface area contributed by atoms with Gasteiger partial charge in [0.05, 0.1) is 18.4 Å². The quantitative estimate of drug-likeness (QED) is 0.856. The average Bonchev–Trinajstić information content (AvgIpc) is 2.85. The molecule has 1 saturated heterocycles. The fraction of sp³-hybridized carbons (Fsp3) is 0.250. The number of thiocarbonyl (C=S) groups is 1. The van der Waals surface area contributed by atoms with E-state index in [1.807, 2.05) is 12.1 Å². The van der Waals surface area contributed by atoms with Crippen LogP contribution in [0.25, 0.3) is 0 Å². The molecule has 2 heterocycles. The van der Waals surface area contributed by atoms with Crippen LogP contribution in [0.4, 0.5) is 4.39 Å². The van der Waals surface area contributed by atoms with Crippen LogP contribution < -0.4 is 4.74 Å². The van der Waals surface area contributed by atoms with Crippen LogP contribution in [-0.2, 0) is 12.3 Å². The van der Waals surface area contributed by atoms with E-state index in [0.29, 0.717) is 27.9 Å². The number of ether oxygens (including phenoxy) is 1. The van der Waals surface area contributed by atoms with Crippen LogP contribution in [-0.4, -0.2) is 32.2 Å². The molecule has 1 aromatic carbocycles. The molecule has 0 amide bonds. The second-order valence-electron chi connectivity index (χ2n) is 5.16. The van der Waals surface area contributed by atoms with E-state index < -0.39 is 11.5 Å². The highest BCUT2D eigenvalue weighted by atomic mass is 32.2. The summed E-state index contributed by atoms with van der Waals surface area (Å²) in [5.41, 5.74) is -0.146. The second-order valence-corrected chi connectivity index (χ2v) is 6.77. The lowest BCUT2D eigenvalue weighted by Gasteiger charge is -2.35. The van der Waals surface area contributed by atoms with E-state index in [1.165, 1.54) is 37.1 Å². The van der Waals surface area contributed by atoms with Gasteiger partial charge < -0.3 is 14.7 Å². The molecule has 1 atom stereocenters. The van der Waals surface area contributed by atoms with E-state index in [-0.39, 0.29) is 0 Å². The van der Waals surface area contributed by atoms with Crippen LogP contribution in [0.3, 0.4) is 0 Å². The Morgan fingerprint density at radius 1 is 1.48 bits per heavy atom. The molecular weight excluding hydrogens is 335 g/mol. The molecule has 1 aliphatic rings. The molecule has 1 aromatic heterocycles. The summed E-state index contributed by atoms with van der Waals surface area (Å²) in [5.74, 6) is 0.306. The molecule has 120 valence electrons. The van der Waals surface area contributed by atoms with Gasteiger partial charge in [-0.2, -0.15) is 0 Å². The number of hydrogen-bond donors (Lipinski definition) is 1. The lowest BCUT2D eigenvalue weighted by atomic mass is 10.0. The maximum atomic E-state index is 13.7. The number of halogens is 1. The minimum atomic E-state index is -1.43. The first kappa shape index (κ1) is 16.2. The highest BCUT2D eigenvalue weighted by molar-refractivity contribution is 8.23. The number of aromatic nitrogens is 1. The van der Waals surface area contributed by atoms with Crippen molar-refractivity contribution in [2.45, 2.75) is 12.3 Å². The summed E-state index contributed by atoms with van der Waals surface area (Å²) in [4.78, 5) is 5.76. The van der Waals surface area contributed by atoms with E-state index in [4.69, 9.17) is 17.0 Å². The third kappa shape index (κ3) is 3.04. The molecule has 1 N–H and O–H groups in total. The highest BCUT2D eigenvalue weighted by Gasteiger charge is 2.46. The minimum Gasteiger partial charge on any atom is -0.496 e. The summed E-state index contributed by atoms with van der Waals surface area (Å²) in [6.07, 6.45) is 3.40. The van der Waals surface area contributed by atoms with Gasteiger partial charge in [0, 0.05) is 18.9 Å². The fourth-order valence-electron chi connectivity index (χ4n) is 2.56. The maximum absolute atomic E-state index is 13.7. The summed E-state index contributed by atoms with van der Waals surface area (Å²) in [7, 11) is 1.49. The topological polar surface area (TPSA) is 45.6 Å². The fourth-order valence-corrected chi connectivity index (χ4v) is 3.95. The van der Waals surface area contributed by atoms with Gasteiger partial charge in [0.15, 0.2) is 5.72 Å². The zero-order chi connectivity index (χ0) is 16.4. The molecule has 1 fully saturated rings. The van der Waals surface area contributed by atoms with Crippen LogP contribution >= 0.6 is 24.0 Å². The van der Waals surface area contributed by atoms with Gasteiger partial charge in [0.1, 0.15) is 15.9 Å². The summed E-state index contributed by atoms with van der Waals surface area (Å²) >= 11 is 6.74. The number of hydrogen-bond acceptors (Lipinski definition) is 5. The van der Waals surface area contributed by atoms with Gasteiger partial charge in [-0.25, -0.2) is 4.39 Å². The monoisotopic (exact) mass is 350 g/mol. The molecule has 1 unspecified atom stereocenters. The van der Waals surface area contributed by atoms with Gasteiger partial charge in [-0.3, -0.25) is 4.98 Å². The number of thioether (sulfide) groups is 1. The van der Waals surface area contributed by atoms with E-state index in [9.17, 15) is 9.50 Å². The Balaban J connectivity index is 2.02. The number of aliphatic hydroxyl groups is 1. The van der Waals surface area contributed by atoms with Crippen LogP contribution in [0.1, 0.15) is 11.1 Å². The predicted octanol–water partition coefficient (Wildman–Crippen LogP) is 2.91. The third-order valence-electron chi connectivity index (χ3n) is 3.72. The van der Waals surface area contributed by atoms with Crippen LogP contribution in [0.5, 0.6) is 5.75 Å². The Bertz CT molecular complexity index is 729. The van der Waals surface area contributed by atoms with Gasteiger partial charge >= 0.3 is 0 Å². The molecule has 23 heavy (non-hydrogen) atoms. The maximum Gasteiger partial charge on any atom is 0.179 e. The Kier molecular flexibility index (Phi) is 4.52. The number of benzene rings is 1. The third-order valence-corrected chi connectivity index (χ3v) is 5.31. The van der Waals surface area contributed by atoms with E-state index in [1.54, 1.807) is 17.3 Å². The van der Waals surface area contributed by atoms with Crippen molar-refractivity contribution < 1.29 is 14.2 Å². The van der Waals surface area contributed by atoms with E-state index in [0.717, 1.165) is 5.56 Å². The smallest absolute Gasteiger partial charge is 0.179 e. The Labute approximate surface area is 143 Å². The Morgan fingerprint density at radius 2 is 2.30 bits per heavy atom. The van der Waals surface area contributed by atoms with Gasteiger partial charge in [-0.15, -0.1) is 0 Å². The number of rotatable bonds is 4. The Morgan fingerprint density at radius 3 is 3.00 bits per heavy atom. The molecule has 0 aliphatic carbocycles. The van der Waals surface area contributed by atoms with E-state index >= 15 is 0 Å². The molecule has 3 rings (SSSR count). The first-order valence-electron chi connectivity index (χ1n) is 6.94. The molecule has 2 aromatic rings. The van der Waals surface area contributed by atoms with Crippen LogP contribution in [0.15, 0.2) is 42.7 Å². The largest absolute Gasteiger partial charge is 0.496 e. The van der Waals surface area contributed by atoms with Crippen molar-refractivity contribution in [1.29, 1.82) is 0 Å². The second kappa shape index (κ2) is 6.43. The summed E-state index contributed by atoms with van der Waals surface area (Å²) in [6, 6.07) is 7.84. The standard InChI is InChI=1S/C16H15FN2O2S2/c1-21-14-5-4-12(17)7-13(14)16(20)10-23-15(22)19(16)9-11-3-2-6-18-8-11/h2-8,20H,9-10H2,1H3. The molecule has 0 saturated carbocycles. The molecular formula is C16H15FN2O2S2. The highest BCUT2D eigenvalue weighted by Crippen LogP contribution is 2.43. The van der Waals surface area contributed by atoms with Crippen molar-refractivity contribution in [2.24, 2.45) is 0 Å². The van der Waals surface area contributed by atoms with Crippen molar-refractivity contribution in [3.8, 4) is 5.75 Å². The molecule has 0 bridgehead atoms. The number of pyridine rings is 1. The Hall–Kier alpha value is -1.70. The zero-order valence-electron chi connectivity index (χ0n) is 12.4. The van der Waals surface area contributed by atoms with Crippen molar-refractivity contribution in [1.82, 2.24) is 9.88 Å². The number of methoxy groups -OCH3 is 1. The lowest BCUT2D eigenvalue weighted by Crippen LogP contribution is -2.44. The molecule has 1 aliphatic heterocycles. The van der Waals surface area contributed by atoms with Crippen LogP contribution in [0.2, 0.25) is 0 Å². The van der Waals surface area contributed by atoms with Crippen molar-refractivity contribution in [3.63, 3.8) is 0 Å². The molecule has 4 nitrogen and oxygen atoms in total. The average molecular weight is 350 g/mol. The zero-order valence-corrected chi connectivity index (χ0v) is 14.0. The van der Waals surface area contributed by atoms with E-state index in [2.05, 4.69) is 4.98 Å². The molecule has 7 heteroatoms. The van der Waals surface area contributed by atoms with Gasteiger partial charge in [0.25, 0.3) is 0 Å². The van der Waals surface area contributed by atoms with Crippen molar-refractivity contribution >= 4 is 28.3 Å². The molecule has 0 spiro atoms. The first-order chi connectivity index (χ1) is 11.0. The SMILES string of the molecule is COc1ccc(F)cc1C1(O)CSC(=S)N1Cc1cccnc1. The van der Waals surface area contributed by atoms with Gasteiger partial charge in [-0.05, 0) is 29.8 Å². The minimum absolute atomic E-state index is 0.311. The van der Waals surface area contributed by atoms with Gasteiger partial charge in [-0.1, -0.05) is 30.0 Å². The van der Waals surface area contributed by atoms with Gasteiger partial charge in [0.2, 0.25) is 0 Å². The predicted molar refractivity (Wildman–Crippen MR) is 91.7 cm³/mol. The summed E-state index contributed by atoms with van der Waals surface area (Å²) < 4.78 is 19.6. The lowest BCUT2D eigenvalue weighted by molar-refractivity contribution is -0.0526. The summed E-state index contributed by atoms with van der Waals surface area (Å²) in [6.45, 7) is 0.385. The first-order valence-corrected chi connectivity index (χ1v) is 8.33. The molecule has 0 radical (unpaired) electrons.